The number of carbonyl (C=O) groups excluding carboxylic acids is 1. The van der Waals surface area contributed by atoms with Crippen LogP contribution in [0.15, 0.2) is 30.9 Å². The lowest BCUT2D eigenvalue weighted by Gasteiger charge is -2.03. The van der Waals surface area contributed by atoms with Crippen molar-refractivity contribution in [1.82, 2.24) is 0 Å². The summed E-state index contributed by atoms with van der Waals surface area (Å²) >= 11 is 5.68. The van der Waals surface area contributed by atoms with Crippen LogP contribution in [0, 0.1) is 5.82 Å². The molecular weight excluding hydrogens is 193 g/mol. The van der Waals surface area contributed by atoms with E-state index in [1.807, 2.05) is 0 Å². The van der Waals surface area contributed by atoms with Crippen molar-refractivity contribution in [3.05, 3.63) is 41.7 Å². The van der Waals surface area contributed by atoms with Crippen LogP contribution < -0.4 is 5.32 Å². The predicted molar refractivity (Wildman–Crippen MR) is 50.2 cm³/mol. The van der Waals surface area contributed by atoms with E-state index in [2.05, 4.69) is 11.9 Å². The Bertz CT molecular complexity index is 351. The van der Waals surface area contributed by atoms with Crippen LogP contribution in [0.1, 0.15) is 0 Å². The number of nitrogens with one attached hydrogen (secondary N) is 1. The first-order valence-electron chi connectivity index (χ1n) is 3.52. The summed E-state index contributed by atoms with van der Waals surface area (Å²) in [5, 5.41) is 2.66. The summed E-state index contributed by atoms with van der Waals surface area (Å²) in [4.78, 5) is 10.8. The van der Waals surface area contributed by atoms with Crippen molar-refractivity contribution in [2.45, 2.75) is 0 Å². The molecule has 0 fully saturated rings. The van der Waals surface area contributed by atoms with Gasteiger partial charge in [-0.1, -0.05) is 18.2 Å². The fourth-order valence-electron chi connectivity index (χ4n) is 0.777. The van der Waals surface area contributed by atoms with Crippen LogP contribution in [-0.2, 0) is 4.79 Å². The van der Waals surface area contributed by atoms with Crippen molar-refractivity contribution >= 4 is 23.2 Å². The Morgan fingerprint density at radius 2 is 2.31 bits per heavy atom. The van der Waals surface area contributed by atoms with E-state index in [4.69, 9.17) is 11.6 Å². The SMILES string of the molecule is C=CC(=O)Nc1cc(F)ccc1Cl. The van der Waals surface area contributed by atoms with Gasteiger partial charge in [0, 0.05) is 0 Å². The molecule has 0 spiro atoms. The van der Waals surface area contributed by atoms with E-state index >= 15 is 0 Å². The third-order valence-electron chi connectivity index (χ3n) is 1.37. The minimum absolute atomic E-state index is 0.242. The Balaban J connectivity index is 2.93. The topological polar surface area (TPSA) is 29.1 Å². The molecule has 1 rings (SSSR count). The summed E-state index contributed by atoms with van der Waals surface area (Å²) in [5.74, 6) is -0.878. The van der Waals surface area contributed by atoms with Crippen LogP contribution in [-0.4, -0.2) is 5.91 Å². The molecule has 0 aromatic heterocycles. The third kappa shape index (κ3) is 2.56. The quantitative estimate of drug-likeness (QED) is 0.729. The van der Waals surface area contributed by atoms with Gasteiger partial charge in [0.15, 0.2) is 0 Å². The lowest BCUT2D eigenvalue weighted by atomic mass is 10.3. The lowest BCUT2D eigenvalue weighted by Crippen LogP contribution is -2.07. The number of halogens is 2. The first-order valence-corrected chi connectivity index (χ1v) is 3.90. The maximum absolute atomic E-state index is 12.7. The van der Waals surface area contributed by atoms with Crippen molar-refractivity contribution in [1.29, 1.82) is 0 Å². The highest BCUT2D eigenvalue weighted by atomic mass is 35.5. The molecule has 0 bridgehead atoms. The molecule has 13 heavy (non-hydrogen) atoms. The van der Waals surface area contributed by atoms with Crippen molar-refractivity contribution < 1.29 is 9.18 Å². The number of anilines is 1. The van der Waals surface area contributed by atoms with Crippen LogP contribution >= 0.6 is 11.6 Å². The molecule has 0 aliphatic carbocycles. The van der Waals surface area contributed by atoms with Crippen molar-refractivity contribution in [3.8, 4) is 0 Å². The van der Waals surface area contributed by atoms with Crippen molar-refractivity contribution in [3.63, 3.8) is 0 Å². The summed E-state index contributed by atoms with van der Waals surface area (Å²) in [6.07, 6.45) is 1.08. The standard InChI is InChI=1S/C9H7ClFNO/c1-2-9(13)12-8-5-6(11)3-4-7(8)10/h2-5H,1H2,(H,12,13). The second kappa shape index (κ2) is 4.05. The Kier molecular flexibility index (Phi) is 3.03. The Morgan fingerprint density at radius 1 is 1.62 bits per heavy atom. The van der Waals surface area contributed by atoms with Gasteiger partial charge in [0.05, 0.1) is 10.7 Å². The molecule has 0 unspecified atom stereocenters. The highest BCUT2D eigenvalue weighted by Crippen LogP contribution is 2.22. The van der Waals surface area contributed by atoms with Crippen molar-refractivity contribution in [2.24, 2.45) is 0 Å². The Hall–Kier alpha value is -1.35. The van der Waals surface area contributed by atoms with Gasteiger partial charge < -0.3 is 5.32 Å². The van der Waals surface area contributed by atoms with Gasteiger partial charge in [0.25, 0.3) is 0 Å². The normalized spacial score (nSPS) is 9.38. The highest BCUT2D eigenvalue weighted by molar-refractivity contribution is 6.33. The molecule has 0 aliphatic rings. The molecule has 1 aromatic carbocycles. The number of rotatable bonds is 2. The maximum Gasteiger partial charge on any atom is 0.247 e. The van der Waals surface area contributed by atoms with Gasteiger partial charge in [-0.25, -0.2) is 4.39 Å². The third-order valence-corrected chi connectivity index (χ3v) is 1.70. The highest BCUT2D eigenvalue weighted by Gasteiger charge is 2.03. The average molecular weight is 200 g/mol. The summed E-state index contributed by atoms with van der Waals surface area (Å²) in [5.41, 5.74) is 0.242. The predicted octanol–water partition coefficient (Wildman–Crippen LogP) is 2.60. The molecule has 0 heterocycles. The van der Waals surface area contributed by atoms with Crippen molar-refractivity contribution in [2.75, 3.05) is 5.32 Å². The average Bonchev–Trinajstić information content (AvgIpc) is 2.11. The number of carbonyl (C=O) groups is 1. The molecule has 2 nitrogen and oxygen atoms in total. The molecule has 1 N–H and O–H groups in total. The zero-order valence-corrected chi connectivity index (χ0v) is 7.44. The van der Waals surface area contributed by atoms with Gasteiger partial charge in [-0.05, 0) is 24.3 Å². The van der Waals surface area contributed by atoms with E-state index in [1.165, 1.54) is 12.1 Å². The van der Waals surface area contributed by atoms with Gasteiger partial charge >= 0.3 is 0 Å². The van der Waals surface area contributed by atoms with E-state index in [0.29, 0.717) is 0 Å². The van der Waals surface area contributed by atoms with Gasteiger partial charge in [-0.15, -0.1) is 0 Å². The van der Waals surface area contributed by atoms with Crippen LogP contribution in [0.3, 0.4) is 0 Å². The molecule has 1 aromatic rings. The second-order valence-electron chi connectivity index (χ2n) is 2.32. The zero-order valence-electron chi connectivity index (χ0n) is 6.68. The number of amides is 1. The van der Waals surface area contributed by atoms with Crippen LogP contribution in [0.25, 0.3) is 0 Å². The Morgan fingerprint density at radius 3 is 2.92 bits per heavy atom. The molecule has 0 radical (unpaired) electrons. The van der Waals surface area contributed by atoms with E-state index < -0.39 is 11.7 Å². The van der Waals surface area contributed by atoms with Crippen LogP contribution in [0.2, 0.25) is 5.02 Å². The van der Waals surface area contributed by atoms with Gasteiger partial charge in [-0.2, -0.15) is 0 Å². The van der Waals surface area contributed by atoms with E-state index in [-0.39, 0.29) is 10.7 Å². The van der Waals surface area contributed by atoms with E-state index in [9.17, 15) is 9.18 Å². The first-order chi connectivity index (χ1) is 6.13. The lowest BCUT2D eigenvalue weighted by molar-refractivity contribution is -0.111. The number of hydrogen-bond acceptors (Lipinski definition) is 1. The molecular formula is C9H7ClFNO. The molecule has 0 saturated heterocycles. The summed E-state index contributed by atoms with van der Waals surface area (Å²) in [6, 6.07) is 3.73. The second-order valence-corrected chi connectivity index (χ2v) is 2.72. The van der Waals surface area contributed by atoms with Gasteiger partial charge in [-0.3, -0.25) is 4.79 Å². The molecule has 1 amide bonds. The maximum atomic E-state index is 12.7. The summed E-state index contributed by atoms with van der Waals surface area (Å²) in [6.45, 7) is 3.26. The molecule has 0 aliphatic heterocycles. The summed E-state index contributed by atoms with van der Waals surface area (Å²) in [7, 11) is 0. The minimum Gasteiger partial charge on any atom is -0.321 e. The largest absolute Gasteiger partial charge is 0.321 e. The van der Waals surface area contributed by atoms with Crippen LogP contribution in [0.4, 0.5) is 10.1 Å². The molecule has 68 valence electrons. The van der Waals surface area contributed by atoms with E-state index in [0.717, 1.165) is 12.1 Å². The van der Waals surface area contributed by atoms with Gasteiger partial charge in [0.2, 0.25) is 5.91 Å². The van der Waals surface area contributed by atoms with E-state index in [1.54, 1.807) is 0 Å². The first kappa shape index (κ1) is 9.74. The summed E-state index contributed by atoms with van der Waals surface area (Å²) < 4.78 is 12.7. The zero-order chi connectivity index (χ0) is 9.84. The molecule has 0 saturated carbocycles. The molecule has 0 atom stereocenters. The Labute approximate surface area is 80.0 Å². The fraction of sp³-hybridized carbons (Fsp3) is 0. The van der Waals surface area contributed by atoms with Gasteiger partial charge in [0.1, 0.15) is 5.82 Å². The number of hydrogen-bond donors (Lipinski definition) is 1. The van der Waals surface area contributed by atoms with Crippen LogP contribution in [0.5, 0.6) is 0 Å². The minimum atomic E-state index is -0.455. The number of benzene rings is 1. The smallest absolute Gasteiger partial charge is 0.247 e. The monoisotopic (exact) mass is 199 g/mol. The molecule has 4 heteroatoms. The fourth-order valence-corrected chi connectivity index (χ4v) is 0.942.